The average molecular weight is 346 g/mol. The van der Waals surface area contributed by atoms with Crippen LogP contribution in [-0.2, 0) is 4.74 Å². The molecule has 0 saturated carbocycles. The second-order valence-corrected chi connectivity index (χ2v) is 5.29. The summed E-state index contributed by atoms with van der Waals surface area (Å²) in [4.78, 5) is 11.3. The summed E-state index contributed by atoms with van der Waals surface area (Å²) in [5.41, 5.74) is -1.17. The molecule has 1 heterocycles. The van der Waals surface area contributed by atoms with E-state index in [0.29, 0.717) is 0 Å². The molecular formula is C14H18O10. The number of hydrogen-bond donors (Lipinski definition) is 7. The van der Waals surface area contributed by atoms with Gasteiger partial charge in [0.25, 0.3) is 0 Å². The van der Waals surface area contributed by atoms with Gasteiger partial charge in [-0.2, -0.15) is 0 Å². The lowest BCUT2D eigenvalue weighted by Gasteiger charge is -2.40. The summed E-state index contributed by atoms with van der Waals surface area (Å²) < 4.78 is 10.1. The Kier molecular flexibility index (Phi) is 5.16. The van der Waals surface area contributed by atoms with Crippen LogP contribution in [-0.4, -0.2) is 79.8 Å². The van der Waals surface area contributed by atoms with Gasteiger partial charge in [0, 0.05) is 5.56 Å². The Bertz CT molecular complexity index is 628. The van der Waals surface area contributed by atoms with Gasteiger partial charge in [0.2, 0.25) is 0 Å². The van der Waals surface area contributed by atoms with E-state index >= 15 is 0 Å². The van der Waals surface area contributed by atoms with Gasteiger partial charge in [0.1, 0.15) is 41.8 Å². The monoisotopic (exact) mass is 346 g/mol. The minimum Gasteiger partial charge on any atom is -0.507 e. The van der Waals surface area contributed by atoms with Gasteiger partial charge in [0.05, 0.1) is 13.7 Å². The van der Waals surface area contributed by atoms with Crippen LogP contribution in [0, 0.1) is 0 Å². The smallest absolute Gasteiger partial charge is 0.343 e. The number of carboxylic acids is 1. The van der Waals surface area contributed by atoms with Crippen LogP contribution in [0.1, 0.15) is 22.0 Å². The topological polar surface area (TPSA) is 177 Å². The maximum atomic E-state index is 11.3. The minimum absolute atomic E-state index is 0.293. The Labute approximate surface area is 135 Å². The molecule has 2 rings (SSSR count). The zero-order chi connectivity index (χ0) is 18.2. The number of aromatic hydroxyl groups is 2. The lowest BCUT2D eigenvalue weighted by molar-refractivity contribution is -0.232. The lowest BCUT2D eigenvalue weighted by Crippen LogP contribution is -2.55. The number of aliphatic hydroxyl groups excluding tert-OH is 4. The lowest BCUT2D eigenvalue weighted by atomic mass is 9.89. The van der Waals surface area contributed by atoms with Crippen molar-refractivity contribution in [2.45, 2.75) is 30.5 Å². The van der Waals surface area contributed by atoms with E-state index in [4.69, 9.17) is 14.6 Å². The number of hydrogen-bond acceptors (Lipinski definition) is 9. The summed E-state index contributed by atoms with van der Waals surface area (Å²) in [5, 5.41) is 68.0. The van der Waals surface area contributed by atoms with Gasteiger partial charge in [-0.3, -0.25) is 0 Å². The van der Waals surface area contributed by atoms with Crippen LogP contribution in [0.4, 0.5) is 0 Å². The molecule has 1 aromatic rings. The first-order chi connectivity index (χ1) is 11.2. The van der Waals surface area contributed by atoms with Gasteiger partial charge in [-0.15, -0.1) is 0 Å². The van der Waals surface area contributed by atoms with Crippen LogP contribution in [0.2, 0.25) is 0 Å². The summed E-state index contributed by atoms with van der Waals surface area (Å²) in [5.74, 6) is -3.69. The van der Waals surface area contributed by atoms with Crippen molar-refractivity contribution >= 4 is 5.97 Å². The molecule has 1 saturated heterocycles. The molecule has 0 bridgehead atoms. The highest BCUT2D eigenvalue weighted by Gasteiger charge is 2.45. The average Bonchev–Trinajstić information content (AvgIpc) is 2.54. The molecule has 0 radical (unpaired) electrons. The molecular weight excluding hydrogens is 328 g/mol. The number of rotatable bonds is 4. The van der Waals surface area contributed by atoms with E-state index in [2.05, 4.69) is 0 Å². The number of benzene rings is 1. The largest absolute Gasteiger partial charge is 0.507 e. The van der Waals surface area contributed by atoms with E-state index in [0.717, 1.165) is 13.2 Å². The highest BCUT2D eigenvalue weighted by Crippen LogP contribution is 2.45. The molecule has 0 aromatic heterocycles. The number of carboxylic acid groups (broad SMARTS) is 1. The number of phenols is 2. The first-order valence-corrected chi connectivity index (χ1v) is 6.91. The highest BCUT2D eigenvalue weighted by atomic mass is 16.5. The summed E-state index contributed by atoms with van der Waals surface area (Å²) in [6.07, 6.45) is -7.78. The molecule has 1 aromatic carbocycles. The molecule has 7 N–H and O–H groups in total. The van der Waals surface area contributed by atoms with Gasteiger partial charge in [0.15, 0.2) is 11.5 Å². The second kappa shape index (κ2) is 6.79. The van der Waals surface area contributed by atoms with E-state index < -0.39 is 60.2 Å². The van der Waals surface area contributed by atoms with Crippen molar-refractivity contribution < 1.29 is 50.0 Å². The van der Waals surface area contributed by atoms with Crippen LogP contribution in [0.15, 0.2) is 6.07 Å². The standard InChI is InChI=1S/C14H18O10/c1-23-5-2-4(8(16)7(9(5)17)14(21)22)13-12(20)11(19)10(18)6(3-15)24-13/h2,6,10-13,15-20H,3H2,1H3,(H,21,22). The molecule has 5 atom stereocenters. The Morgan fingerprint density at radius 1 is 1.17 bits per heavy atom. The Balaban J connectivity index is 2.58. The molecule has 0 amide bonds. The van der Waals surface area contributed by atoms with Gasteiger partial charge >= 0.3 is 5.97 Å². The highest BCUT2D eigenvalue weighted by molar-refractivity contribution is 5.95. The zero-order valence-electron chi connectivity index (χ0n) is 12.5. The first kappa shape index (κ1) is 18.2. The first-order valence-electron chi connectivity index (χ1n) is 6.91. The maximum Gasteiger partial charge on any atom is 0.343 e. The predicted octanol–water partition coefficient (Wildman–Crippen LogP) is -1.68. The molecule has 10 nitrogen and oxygen atoms in total. The fourth-order valence-electron chi connectivity index (χ4n) is 2.59. The van der Waals surface area contributed by atoms with Crippen molar-refractivity contribution in [3.05, 3.63) is 17.2 Å². The second-order valence-electron chi connectivity index (χ2n) is 5.29. The number of ether oxygens (including phenoxy) is 2. The molecule has 1 fully saturated rings. The Morgan fingerprint density at radius 3 is 2.29 bits per heavy atom. The third-order valence-electron chi connectivity index (χ3n) is 3.90. The number of methoxy groups -OCH3 is 1. The summed E-state index contributed by atoms with van der Waals surface area (Å²) in [6.45, 7) is -0.691. The molecule has 5 unspecified atom stereocenters. The van der Waals surface area contributed by atoms with Gasteiger partial charge in [-0.25, -0.2) is 4.79 Å². The van der Waals surface area contributed by atoms with E-state index in [1.807, 2.05) is 0 Å². The summed E-state index contributed by atoms with van der Waals surface area (Å²) >= 11 is 0. The third kappa shape index (κ3) is 2.85. The van der Waals surface area contributed by atoms with Crippen LogP contribution in [0.25, 0.3) is 0 Å². The zero-order valence-corrected chi connectivity index (χ0v) is 12.5. The van der Waals surface area contributed by atoms with Crippen molar-refractivity contribution in [2.75, 3.05) is 13.7 Å². The molecule has 1 aliphatic heterocycles. The van der Waals surface area contributed by atoms with Crippen LogP contribution >= 0.6 is 0 Å². The van der Waals surface area contributed by atoms with E-state index in [-0.39, 0.29) is 11.3 Å². The van der Waals surface area contributed by atoms with Gasteiger partial charge in [-0.1, -0.05) is 0 Å². The van der Waals surface area contributed by atoms with Crippen LogP contribution in [0.5, 0.6) is 17.2 Å². The van der Waals surface area contributed by atoms with Crippen molar-refractivity contribution in [3.8, 4) is 17.2 Å². The fraction of sp³-hybridized carbons (Fsp3) is 0.500. The van der Waals surface area contributed by atoms with Gasteiger partial charge < -0.3 is 45.2 Å². The maximum absolute atomic E-state index is 11.3. The summed E-state index contributed by atoms with van der Waals surface area (Å²) in [7, 11) is 1.15. The predicted molar refractivity (Wildman–Crippen MR) is 76.0 cm³/mol. The Morgan fingerprint density at radius 2 is 1.79 bits per heavy atom. The SMILES string of the molecule is COc1cc(C2OC(CO)C(O)C(O)C2O)c(O)c(C(=O)O)c1O. The number of aromatic carboxylic acids is 1. The molecule has 0 aliphatic carbocycles. The van der Waals surface area contributed by atoms with Crippen LogP contribution < -0.4 is 4.74 Å². The third-order valence-corrected chi connectivity index (χ3v) is 3.90. The van der Waals surface area contributed by atoms with Crippen molar-refractivity contribution in [1.82, 2.24) is 0 Å². The van der Waals surface area contributed by atoms with Crippen LogP contribution in [0.3, 0.4) is 0 Å². The molecule has 10 heteroatoms. The fourth-order valence-corrected chi connectivity index (χ4v) is 2.59. The van der Waals surface area contributed by atoms with Crippen molar-refractivity contribution in [3.63, 3.8) is 0 Å². The molecule has 1 aliphatic rings. The minimum atomic E-state index is -1.73. The Hall–Kier alpha value is -2.11. The van der Waals surface area contributed by atoms with E-state index in [9.17, 15) is 35.4 Å². The van der Waals surface area contributed by atoms with Gasteiger partial charge in [-0.05, 0) is 6.07 Å². The molecule has 24 heavy (non-hydrogen) atoms. The van der Waals surface area contributed by atoms with E-state index in [1.165, 1.54) is 0 Å². The van der Waals surface area contributed by atoms with Crippen molar-refractivity contribution in [1.29, 1.82) is 0 Å². The quantitative estimate of drug-likeness (QED) is 0.333. The number of aliphatic hydroxyl groups is 4. The normalized spacial score (nSPS) is 30.1. The molecule has 0 spiro atoms. The van der Waals surface area contributed by atoms with Crippen molar-refractivity contribution in [2.24, 2.45) is 0 Å². The van der Waals surface area contributed by atoms with E-state index in [1.54, 1.807) is 0 Å². The number of carbonyl (C=O) groups is 1. The molecule has 134 valence electrons. The summed E-state index contributed by atoms with van der Waals surface area (Å²) in [6, 6.07) is 1.03.